The fourth-order valence-electron chi connectivity index (χ4n) is 1.25. The Labute approximate surface area is 82.7 Å². The Morgan fingerprint density at radius 1 is 1.50 bits per heavy atom. The zero-order chi connectivity index (χ0) is 10.6. The largest absolute Gasteiger partial charge is 0.497 e. The topological polar surface area (TPSA) is 43.4 Å². The van der Waals surface area contributed by atoms with E-state index in [0.717, 1.165) is 6.29 Å². The first kappa shape index (κ1) is 10.4. The summed E-state index contributed by atoms with van der Waals surface area (Å²) in [7, 11) is 1.55. The van der Waals surface area contributed by atoms with Crippen LogP contribution >= 0.6 is 0 Å². The Morgan fingerprint density at radius 3 is 2.71 bits per heavy atom. The van der Waals surface area contributed by atoms with E-state index in [1.54, 1.807) is 25.3 Å². The maximum atomic E-state index is 10.9. The van der Waals surface area contributed by atoms with Gasteiger partial charge in [0, 0.05) is 12.0 Å². The molecule has 0 fully saturated rings. The minimum absolute atomic E-state index is 0.0290. The van der Waals surface area contributed by atoms with Crippen LogP contribution in [-0.4, -0.2) is 19.2 Å². The van der Waals surface area contributed by atoms with E-state index in [9.17, 15) is 9.59 Å². The lowest BCUT2D eigenvalue weighted by atomic mass is 10.0. The van der Waals surface area contributed by atoms with Gasteiger partial charge >= 0.3 is 0 Å². The van der Waals surface area contributed by atoms with E-state index in [4.69, 9.17) is 4.74 Å². The van der Waals surface area contributed by atoms with Crippen molar-refractivity contribution in [3.63, 3.8) is 0 Å². The molecule has 0 atom stereocenters. The van der Waals surface area contributed by atoms with E-state index in [0.29, 0.717) is 16.9 Å². The van der Waals surface area contributed by atoms with Crippen molar-refractivity contribution in [2.75, 3.05) is 7.11 Å². The number of rotatable bonds is 4. The maximum Gasteiger partial charge on any atom is 0.150 e. The third kappa shape index (κ3) is 2.42. The van der Waals surface area contributed by atoms with Crippen LogP contribution < -0.4 is 4.74 Å². The molecule has 1 rings (SSSR count). The van der Waals surface area contributed by atoms with Crippen LogP contribution in [0.3, 0.4) is 0 Å². The van der Waals surface area contributed by atoms with Crippen LogP contribution in [0.5, 0.6) is 5.75 Å². The summed E-state index contributed by atoms with van der Waals surface area (Å²) in [5, 5.41) is 0. The lowest BCUT2D eigenvalue weighted by molar-refractivity contribution is -0.116. The molecule has 0 spiro atoms. The monoisotopic (exact) mass is 192 g/mol. The Bertz CT molecular complexity index is 356. The van der Waals surface area contributed by atoms with Gasteiger partial charge in [0.2, 0.25) is 0 Å². The molecule has 0 heterocycles. The standard InChI is InChI=1S/C11H12O3/c1-8(13)5-10-6-11(14-2)4-3-9(10)7-12/h3-4,6-7H,5H2,1-2H3. The lowest BCUT2D eigenvalue weighted by Gasteiger charge is -2.05. The quantitative estimate of drug-likeness (QED) is 0.681. The predicted octanol–water partition coefficient (Wildman–Crippen LogP) is 1.64. The van der Waals surface area contributed by atoms with Gasteiger partial charge in [0.05, 0.1) is 7.11 Å². The van der Waals surface area contributed by atoms with Gasteiger partial charge in [-0.15, -0.1) is 0 Å². The van der Waals surface area contributed by atoms with Gasteiger partial charge in [0.15, 0.2) is 0 Å². The molecule has 1 aromatic carbocycles. The van der Waals surface area contributed by atoms with E-state index < -0.39 is 0 Å². The number of hydrogen-bond acceptors (Lipinski definition) is 3. The summed E-state index contributed by atoms with van der Waals surface area (Å²) in [4.78, 5) is 21.6. The average Bonchev–Trinajstić information content (AvgIpc) is 2.16. The molecular weight excluding hydrogens is 180 g/mol. The number of Topliss-reactive ketones (excluding diaryl/α,β-unsaturated/α-hetero) is 1. The third-order valence-corrected chi connectivity index (χ3v) is 1.92. The highest BCUT2D eigenvalue weighted by molar-refractivity contribution is 5.84. The summed E-state index contributed by atoms with van der Waals surface area (Å²) >= 11 is 0. The fourth-order valence-corrected chi connectivity index (χ4v) is 1.25. The average molecular weight is 192 g/mol. The zero-order valence-corrected chi connectivity index (χ0v) is 8.24. The first-order chi connectivity index (χ1) is 6.67. The zero-order valence-electron chi connectivity index (χ0n) is 8.24. The summed E-state index contributed by atoms with van der Waals surface area (Å²) in [6.07, 6.45) is 1.02. The van der Waals surface area contributed by atoms with E-state index >= 15 is 0 Å². The summed E-state index contributed by atoms with van der Waals surface area (Å²) in [6.45, 7) is 1.49. The van der Waals surface area contributed by atoms with Gasteiger partial charge < -0.3 is 4.74 Å². The number of aldehydes is 1. The van der Waals surface area contributed by atoms with Crippen molar-refractivity contribution in [1.29, 1.82) is 0 Å². The normalized spacial score (nSPS) is 9.57. The highest BCUT2D eigenvalue weighted by atomic mass is 16.5. The molecule has 0 saturated carbocycles. The Kier molecular flexibility index (Phi) is 3.40. The number of ketones is 1. The van der Waals surface area contributed by atoms with Gasteiger partial charge in [-0.3, -0.25) is 9.59 Å². The van der Waals surface area contributed by atoms with Crippen LogP contribution in [0, 0.1) is 0 Å². The maximum absolute atomic E-state index is 10.9. The third-order valence-electron chi connectivity index (χ3n) is 1.92. The minimum atomic E-state index is 0.0290. The van der Waals surface area contributed by atoms with Crippen LogP contribution in [0.25, 0.3) is 0 Å². The molecule has 0 amide bonds. The molecule has 0 N–H and O–H groups in total. The second kappa shape index (κ2) is 4.56. The van der Waals surface area contributed by atoms with E-state index in [2.05, 4.69) is 0 Å². The molecule has 0 radical (unpaired) electrons. The molecule has 0 aromatic heterocycles. The van der Waals surface area contributed by atoms with Crippen molar-refractivity contribution < 1.29 is 14.3 Å². The minimum Gasteiger partial charge on any atom is -0.497 e. The number of benzene rings is 1. The highest BCUT2D eigenvalue weighted by Gasteiger charge is 2.05. The smallest absolute Gasteiger partial charge is 0.150 e. The van der Waals surface area contributed by atoms with Crippen LogP contribution in [0.2, 0.25) is 0 Å². The first-order valence-electron chi connectivity index (χ1n) is 4.29. The SMILES string of the molecule is COc1ccc(C=O)c(CC(C)=O)c1. The lowest BCUT2D eigenvalue weighted by Crippen LogP contribution is -2.01. The van der Waals surface area contributed by atoms with Gasteiger partial charge in [-0.2, -0.15) is 0 Å². The van der Waals surface area contributed by atoms with Crippen molar-refractivity contribution in [2.45, 2.75) is 13.3 Å². The van der Waals surface area contributed by atoms with Gasteiger partial charge in [-0.25, -0.2) is 0 Å². The van der Waals surface area contributed by atoms with Crippen molar-refractivity contribution in [3.8, 4) is 5.75 Å². The molecule has 1 aromatic rings. The molecule has 3 nitrogen and oxygen atoms in total. The van der Waals surface area contributed by atoms with Crippen LogP contribution in [0.1, 0.15) is 22.8 Å². The molecule has 0 aliphatic carbocycles. The van der Waals surface area contributed by atoms with Gasteiger partial charge in [0.1, 0.15) is 17.8 Å². The van der Waals surface area contributed by atoms with Crippen molar-refractivity contribution >= 4 is 12.1 Å². The molecule has 0 saturated heterocycles. The molecule has 74 valence electrons. The molecular formula is C11H12O3. The first-order valence-corrected chi connectivity index (χ1v) is 4.29. The molecule has 0 unspecified atom stereocenters. The van der Waals surface area contributed by atoms with Crippen LogP contribution in [0.15, 0.2) is 18.2 Å². The Balaban J connectivity index is 3.07. The summed E-state index contributed by atoms with van der Waals surface area (Å²) in [5.41, 5.74) is 1.26. The van der Waals surface area contributed by atoms with Crippen LogP contribution in [0.4, 0.5) is 0 Å². The van der Waals surface area contributed by atoms with Crippen molar-refractivity contribution in [3.05, 3.63) is 29.3 Å². The predicted molar refractivity (Wildman–Crippen MR) is 52.8 cm³/mol. The number of carbonyl (C=O) groups is 2. The second-order valence-electron chi connectivity index (χ2n) is 3.06. The van der Waals surface area contributed by atoms with E-state index in [1.165, 1.54) is 6.92 Å². The summed E-state index contributed by atoms with van der Waals surface area (Å²) < 4.78 is 5.01. The Morgan fingerprint density at radius 2 is 2.21 bits per heavy atom. The molecule has 0 bridgehead atoms. The van der Waals surface area contributed by atoms with Crippen LogP contribution in [-0.2, 0) is 11.2 Å². The number of ether oxygens (including phenoxy) is 1. The highest BCUT2D eigenvalue weighted by Crippen LogP contribution is 2.17. The molecule has 0 aliphatic heterocycles. The molecule has 3 heteroatoms. The number of carbonyl (C=O) groups excluding carboxylic acids is 2. The van der Waals surface area contributed by atoms with Gasteiger partial charge in [-0.05, 0) is 30.7 Å². The number of methoxy groups -OCH3 is 1. The van der Waals surface area contributed by atoms with Crippen molar-refractivity contribution in [2.24, 2.45) is 0 Å². The second-order valence-corrected chi connectivity index (χ2v) is 3.06. The van der Waals surface area contributed by atoms with Crippen molar-refractivity contribution in [1.82, 2.24) is 0 Å². The molecule has 14 heavy (non-hydrogen) atoms. The fraction of sp³-hybridized carbons (Fsp3) is 0.273. The molecule has 0 aliphatic rings. The Hall–Kier alpha value is -1.64. The summed E-state index contributed by atoms with van der Waals surface area (Å²) in [5.74, 6) is 0.688. The van der Waals surface area contributed by atoms with Gasteiger partial charge in [0.25, 0.3) is 0 Å². The van der Waals surface area contributed by atoms with E-state index in [-0.39, 0.29) is 12.2 Å². The summed E-state index contributed by atoms with van der Waals surface area (Å²) in [6, 6.07) is 5.07. The number of hydrogen-bond donors (Lipinski definition) is 0. The van der Waals surface area contributed by atoms with Gasteiger partial charge in [-0.1, -0.05) is 0 Å². The van der Waals surface area contributed by atoms with E-state index in [1.807, 2.05) is 0 Å².